The average Bonchev–Trinajstić information content (AvgIpc) is 2.52. The van der Waals surface area contributed by atoms with E-state index in [-0.39, 0.29) is 23.0 Å². The second kappa shape index (κ2) is 17.4. The van der Waals surface area contributed by atoms with Gasteiger partial charge in [-0.15, -0.1) is 11.3 Å². The Bertz CT molecular complexity index is 4380. The van der Waals surface area contributed by atoms with Crippen molar-refractivity contribution in [2.24, 2.45) is 0 Å². The van der Waals surface area contributed by atoms with E-state index in [0.29, 0.717) is 0 Å². The van der Waals surface area contributed by atoms with Crippen LogP contribution in [0.3, 0.4) is 0 Å². The molecule has 11 aromatic rings. The first-order chi connectivity index (χ1) is 38.9. The SMILES string of the molecule is Cc1cc2c3c(c1)N(c1ccc(C(C)(C)C)cc1)c1c(sc4cc5c(cc14)-c1ccc(C)cc1C51c4ccccc4-c4ccccc41)B3c1ccc(-c3cc(C(C)(C)C)ccc3-c3ccccc3)cc1N2c1ccc(C(C)(C)C)cc1. The van der Waals surface area contributed by atoms with E-state index in [9.17, 15) is 0 Å². The first kappa shape index (κ1) is 49.8. The molecule has 1 spiro atoms. The Morgan fingerprint density at radius 2 is 0.926 bits per heavy atom. The number of hydrogen-bond acceptors (Lipinski definition) is 3. The van der Waals surface area contributed by atoms with Crippen molar-refractivity contribution in [1.82, 2.24) is 0 Å². The van der Waals surface area contributed by atoms with Gasteiger partial charge >= 0.3 is 0 Å². The van der Waals surface area contributed by atoms with Crippen LogP contribution in [0.25, 0.3) is 54.6 Å². The minimum Gasteiger partial charge on any atom is -0.311 e. The Morgan fingerprint density at radius 1 is 0.383 bits per heavy atom. The van der Waals surface area contributed by atoms with Gasteiger partial charge < -0.3 is 9.80 Å². The number of benzene rings is 10. The zero-order chi connectivity index (χ0) is 55.6. The monoisotopic (exact) mass is 1060 g/mol. The molecule has 0 unspecified atom stereocenters. The number of thiophene rings is 1. The molecule has 0 radical (unpaired) electrons. The van der Waals surface area contributed by atoms with Crippen LogP contribution >= 0.6 is 11.3 Å². The van der Waals surface area contributed by atoms with Crippen molar-refractivity contribution in [2.75, 3.05) is 9.80 Å². The van der Waals surface area contributed by atoms with Crippen LogP contribution in [-0.2, 0) is 21.7 Å². The minimum absolute atomic E-state index is 0.00944. The minimum atomic E-state index is -0.446. The summed E-state index contributed by atoms with van der Waals surface area (Å²) in [5, 5.41) is 1.30. The van der Waals surface area contributed by atoms with Crippen LogP contribution in [0.1, 0.15) is 112 Å². The standard InChI is InChI=1S/C77H67BN2S/c1-46-25-36-58-60-44-61-70(45-65(60)77(64(58)39-46)62-23-17-15-21-56(62)57-22-16-18-24-63(57)77)81-73-72(61)80(54-34-29-51(30-35-54)75(6,7)8)69-41-47(2)40-68-71(69)78(73)66-38-26-49(42-67(66)79(68)53-32-27-50(28-33-53)74(3,4)5)59-43-52(76(9,10)11)31-37-55(59)48-19-13-12-14-20-48/h12-45H,1-11H3. The summed E-state index contributed by atoms with van der Waals surface area (Å²) in [6.07, 6.45) is 0. The molecule has 0 atom stereocenters. The van der Waals surface area contributed by atoms with Crippen LogP contribution < -0.4 is 25.5 Å². The summed E-state index contributed by atoms with van der Waals surface area (Å²) >= 11 is 2.01. The summed E-state index contributed by atoms with van der Waals surface area (Å²) in [6.45, 7) is 25.4. The maximum atomic E-state index is 2.65. The fraction of sp³-hybridized carbons (Fsp3) is 0.195. The van der Waals surface area contributed by atoms with E-state index < -0.39 is 5.41 Å². The summed E-state index contributed by atoms with van der Waals surface area (Å²) in [7, 11) is 0. The molecule has 0 bridgehead atoms. The van der Waals surface area contributed by atoms with E-state index in [2.05, 4.69) is 292 Å². The second-order valence-electron chi connectivity index (χ2n) is 26.7. The van der Waals surface area contributed by atoms with Crippen molar-refractivity contribution < 1.29 is 0 Å². The van der Waals surface area contributed by atoms with Gasteiger partial charge in [0.2, 0.25) is 0 Å². The predicted octanol–water partition coefficient (Wildman–Crippen LogP) is 19.2. The molecule has 0 fully saturated rings. The van der Waals surface area contributed by atoms with Crippen LogP contribution in [0.15, 0.2) is 206 Å². The number of rotatable bonds is 4. The van der Waals surface area contributed by atoms with Gasteiger partial charge in [0.1, 0.15) is 0 Å². The summed E-state index contributed by atoms with van der Waals surface area (Å²) < 4.78 is 2.70. The summed E-state index contributed by atoms with van der Waals surface area (Å²) in [5.41, 5.74) is 31.8. The Labute approximate surface area is 483 Å². The van der Waals surface area contributed by atoms with Crippen LogP contribution in [0, 0.1) is 13.8 Å². The molecule has 0 saturated heterocycles. The number of anilines is 6. The lowest BCUT2D eigenvalue weighted by Crippen LogP contribution is -2.60. The lowest BCUT2D eigenvalue weighted by molar-refractivity contribution is 0.590. The molecule has 10 aromatic carbocycles. The van der Waals surface area contributed by atoms with E-state index in [0.717, 1.165) is 5.69 Å². The van der Waals surface area contributed by atoms with Gasteiger partial charge in [-0.05, 0) is 185 Å². The molecule has 0 amide bonds. The van der Waals surface area contributed by atoms with Crippen molar-refractivity contribution in [3.63, 3.8) is 0 Å². The van der Waals surface area contributed by atoms with E-state index in [1.807, 2.05) is 11.3 Å². The number of hydrogen-bond donors (Lipinski definition) is 0. The van der Waals surface area contributed by atoms with Crippen LogP contribution in [0.4, 0.5) is 34.1 Å². The third kappa shape index (κ3) is 7.31. The summed E-state index contributed by atoms with van der Waals surface area (Å²) in [4.78, 5) is 5.26. The Hall–Kier alpha value is -8.18. The molecule has 4 aliphatic rings. The molecule has 1 aromatic heterocycles. The Morgan fingerprint density at radius 3 is 1.56 bits per heavy atom. The van der Waals surface area contributed by atoms with E-state index in [1.54, 1.807) is 0 Å². The third-order valence-corrected chi connectivity index (χ3v) is 19.6. The first-order valence-electron chi connectivity index (χ1n) is 29.1. The quantitative estimate of drug-likeness (QED) is 0.162. The van der Waals surface area contributed by atoms with Crippen molar-refractivity contribution in [2.45, 2.75) is 97.8 Å². The maximum absolute atomic E-state index is 2.65. The second-order valence-corrected chi connectivity index (χ2v) is 27.7. The zero-order valence-electron chi connectivity index (χ0n) is 48.5. The molecule has 2 nitrogen and oxygen atoms in total. The van der Waals surface area contributed by atoms with E-state index in [4.69, 9.17) is 0 Å². The molecule has 394 valence electrons. The molecule has 2 aliphatic heterocycles. The van der Waals surface area contributed by atoms with E-state index in [1.165, 1.54) is 149 Å². The maximum Gasteiger partial charge on any atom is 0.264 e. The van der Waals surface area contributed by atoms with Gasteiger partial charge in [0.15, 0.2) is 0 Å². The van der Waals surface area contributed by atoms with Crippen LogP contribution in [0.2, 0.25) is 0 Å². The molecule has 81 heavy (non-hydrogen) atoms. The van der Waals surface area contributed by atoms with Crippen molar-refractivity contribution in [3.05, 3.63) is 256 Å². The fourth-order valence-corrected chi connectivity index (χ4v) is 15.8. The predicted molar refractivity (Wildman–Crippen MR) is 349 cm³/mol. The molecule has 4 heteroatoms. The van der Waals surface area contributed by atoms with E-state index >= 15 is 0 Å². The third-order valence-electron chi connectivity index (χ3n) is 18.4. The van der Waals surface area contributed by atoms with Gasteiger partial charge in [-0.25, -0.2) is 0 Å². The summed E-state index contributed by atoms with van der Waals surface area (Å²) in [5.74, 6) is 0. The number of aryl methyl sites for hydroxylation is 2. The molecular weight excluding hydrogens is 996 g/mol. The highest BCUT2D eigenvalue weighted by molar-refractivity contribution is 7.33. The Kier molecular flexibility index (Phi) is 10.7. The number of nitrogens with zero attached hydrogens (tertiary/aromatic N) is 2. The highest BCUT2D eigenvalue weighted by Crippen LogP contribution is 2.64. The van der Waals surface area contributed by atoms with Crippen LogP contribution in [0.5, 0.6) is 0 Å². The van der Waals surface area contributed by atoms with Gasteiger partial charge in [0.25, 0.3) is 6.71 Å². The fourth-order valence-electron chi connectivity index (χ4n) is 14.4. The van der Waals surface area contributed by atoms with Crippen LogP contribution in [-0.4, -0.2) is 6.71 Å². The van der Waals surface area contributed by atoms with Crippen molar-refractivity contribution >= 4 is 78.0 Å². The zero-order valence-corrected chi connectivity index (χ0v) is 49.3. The lowest BCUT2D eigenvalue weighted by Gasteiger charge is -2.43. The van der Waals surface area contributed by atoms with Gasteiger partial charge in [0.05, 0.1) is 11.1 Å². The molecule has 0 saturated carbocycles. The average molecular weight is 1060 g/mol. The lowest BCUT2D eigenvalue weighted by atomic mass is 9.36. The molecular formula is C77H67BN2S. The topological polar surface area (TPSA) is 6.48 Å². The highest BCUT2D eigenvalue weighted by atomic mass is 32.1. The Balaban J connectivity index is 1.04. The molecule has 0 N–H and O–H groups in total. The molecule has 2 aliphatic carbocycles. The summed E-state index contributed by atoms with van der Waals surface area (Å²) in [6, 6.07) is 80.4. The highest BCUT2D eigenvalue weighted by Gasteiger charge is 2.53. The van der Waals surface area contributed by atoms with Crippen molar-refractivity contribution in [3.8, 4) is 44.5 Å². The largest absolute Gasteiger partial charge is 0.311 e. The molecule has 15 rings (SSSR count). The smallest absolute Gasteiger partial charge is 0.264 e. The van der Waals surface area contributed by atoms with Gasteiger partial charge in [0, 0.05) is 43.3 Å². The first-order valence-corrected chi connectivity index (χ1v) is 29.9. The van der Waals surface area contributed by atoms with Gasteiger partial charge in [-0.3, -0.25) is 0 Å². The van der Waals surface area contributed by atoms with Gasteiger partial charge in [-0.2, -0.15) is 0 Å². The normalized spacial score (nSPS) is 14.4. The molecule has 3 heterocycles. The number of fused-ring (bicyclic) bond motifs is 16. The van der Waals surface area contributed by atoms with Crippen molar-refractivity contribution in [1.29, 1.82) is 0 Å². The van der Waals surface area contributed by atoms with Gasteiger partial charge in [-0.1, -0.05) is 220 Å².